The van der Waals surface area contributed by atoms with Gasteiger partial charge in [-0.05, 0) is 95.4 Å². The molecule has 0 unspecified atom stereocenters. The Morgan fingerprint density at radius 2 is 1.76 bits per heavy atom. The molecule has 0 aliphatic carbocycles. The number of benzene rings is 2. The van der Waals surface area contributed by atoms with Crippen molar-refractivity contribution in [2.75, 3.05) is 25.5 Å². The summed E-state index contributed by atoms with van der Waals surface area (Å²) in [4.78, 5) is 26.1. The Labute approximate surface area is 217 Å². The van der Waals surface area contributed by atoms with Gasteiger partial charge in [0.05, 0.1) is 7.11 Å². The van der Waals surface area contributed by atoms with E-state index in [1.165, 1.54) is 49.6 Å². The minimum absolute atomic E-state index is 0.0567. The summed E-state index contributed by atoms with van der Waals surface area (Å²) in [5.41, 5.74) is -0.128. The van der Waals surface area contributed by atoms with Crippen LogP contribution in [0.25, 0.3) is 0 Å². The molecule has 1 aliphatic heterocycles. The van der Waals surface area contributed by atoms with Crippen molar-refractivity contribution < 1.29 is 27.1 Å². The van der Waals surface area contributed by atoms with Crippen LogP contribution in [0.1, 0.15) is 50.4 Å². The van der Waals surface area contributed by atoms with Crippen molar-refractivity contribution in [2.45, 2.75) is 56.5 Å². The van der Waals surface area contributed by atoms with Crippen LogP contribution in [0.15, 0.2) is 47.4 Å². The molecule has 9 nitrogen and oxygen atoms in total. The van der Waals surface area contributed by atoms with Crippen LogP contribution < -0.4 is 25.4 Å². The van der Waals surface area contributed by atoms with Crippen LogP contribution in [0, 0.1) is 11.7 Å². The van der Waals surface area contributed by atoms with Gasteiger partial charge in [-0.25, -0.2) is 17.5 Å². The second-order valence-electron chi connectivity index (χ2n) is 10.2. The van der Waals surface area contributed by atoms with Gasteiger partial charge >= 0.3 is 0 Å². The van der Waals surface area contributed by atoms with Gasteiger partial charge in [-0.15, -0.1) is 0 Å². The number of methoxy groups -OCH3 is 1. The highest BCUT2D eigenvalue weighted by Crippen LogP contribution is 2.28. The van der Waals surface area contributed by atoms with Gasteiger partial charge in [0.1, 0.15) is 22.5 Å². The molecule has 0 radical (unpaired) electrons. The molecule has 0 bridgehead atoms. The Balaban J connectivity index is 1.80. The lowest BCUT2D eigenvalue weighted by molar-refractivity contribution is -0.118. The van der Waals surface area contributed by atoms with Crippen LogP contribution in [0.3, 0.4) is 0 Å². The van der Waals surface area contributed by atoms with E-state index < -0.39 is 39.2 Å². The summed E-state index contributed by atoms with van der Waals surface area (Å²) in [5.74, 6) is -1.09. The van der Waals surface area contributed by atoms with E-state index in [1.807, 2.05) is 0 Å². The molecule has 0 saturated carbocycles. The smallest absolute Gasteiger partial charge is 0.251 e. The molecular weight excluding hydrogens is 499 g/mol. The molecular formula is C26H35FN4O5S. The highest BCUT2D eigenvalue weighted by Gasteiger charge is 2.28. The number of halogens is 1. The maximum Gasteiger partial charge on any atom is 0.251 e. The molecule has 4 N–H and O–H groups in total. The molecule has 0 aromatic heterocycles. The fourth-order valence-corrected chi connectivity index (χ4v) is 5.75. The Morgan fingerprint density at radius 1 is 1.11 bits per heavy atom. The van der Waals surface area contributed by atoms with Crippen molar-refractivity contribution in [3.8, 4) is 5.75 Å². The first-order valence-electron chi connectivity index (χ1n) is 12.2. The number of hydrogen-bond donors (Lipinski definition) is 4. The summed E-state index contributed by atoms with van der Waals surface area (Å²) in [7, 11) is -2.52. The van der Waals surface area contributed by atoms with E-state index in [0.717, 1.165) is 25.9 Å². The third kappa shape index (κ3) is 8.24. The second-order valence-corrected chi connectivity index (χ2v) is 11.8. The number of sulfonamides is 1. The van der Waals surface area contributed by atoms with Gasteiger partial charge < -0.3 is 20.7 Å². The van der Waals surface area contributed by atoms with E-state index >= 15 is 0 Å². The average molecular weight is 535 g/mol. The van der Waals surface area contributed by atoms with Crippen LogP contribution in [-0.2, 0) is 14.8 Å². The van der Waals surface area contributed by atoms with Crippen molar-refractivity contribution in [1.29, 1.82) is 0 Å². The number of carbonyl (C=O) groups excluding carboxylic acids is 2. The molecule has 37 heavy (non-hydrogen) atoms. The fourth-order valence-electron chi connectivity index (χ4n) is 4.18. The van der Waals surface area contributed by atoms with E-state index in [0.29, 0.717) is 12.1 Å². The number of rotatable bonds is 9. The SMILES string of the molecule is COc1cc(NC(=O)[C@H](CC2CCNCC2)NC(=O)c2ccc(F)cc2)ccc1S(=O)(=O)NC(C)(C)C. The summed E-state index contributed by atoms with van der Waals surface area (Å²) >= 11 is 0. The van der Waals surface area contributed by atoms with Crippen LogP contribution in [0.4, 0.5) is 10.1 Å². The van der Waals surface area contributed by atoms with Gasteiger partial charge in [-0.3, -0.25) is 9.59 Å². The third-order valence-corrected chi connectivity index (χ3v) is 7.71. The van der Waals surface area contributed by atoms with E-state index in [-0.39, 0.29) is 22.1 Å². The molecule has 0 spiro atoms. The summed E-state index contributed by atoms with van der Waals surface area (Å²) in [6.07, 6.45) is 2.17. The van der Waals surface area contributed by atoms with Crippen LogP contribution >= 0.6 is 0 Å². The molecule has 1 aliphatic rings. The standard InChI is InChI=1S/C26H35FN4O5S/c1-26(2,3)31-37(34,35)23-10-9-20(16-22(23)36-4)29-25(33)21(15-17-11-13-28-14-12-17)30-24(32)18-5-7-19(27)8-6-18/h5-10,16-17,21,28,31H,11-15H2,1-4H3,(H,29,33)(H,30,32)/t21-/m0/s1. The van der Waals surface area contributed by atoms with E-state index in [2.05, 4.69) is 20.7 Å². The van der Waals surface area contributed by atoms with Crippen LogP contribution in [0.2, 0.25) is 0 Å². The maximum atomic E-state index is 13.3. The van der Waals surface area contributed by atoms with Crippen LogP contribution in [0.5, 0.6) is 5.75 Å². The Bertz CT molecular complexity index is 1210. The highest BCUT2D eigenvalue weighted by atomic mass is 32.2. The summed E-state index contributed by atoms with van der Waals surface area (Å²) in [6, 6.07) is 8.51. The Hall–Kier alpha value is -3.02. The molecule has 1 saturated heterocycles. The van der Waals surface area contributed by atoms with E-state index in [9.17, 15) is 22.4 Å². The molecule has 1 atom stereocenters. The van der Waals surface area contributed by atoms with Gasteiger partial charge in [0.25, 0.3) is 5.91 Å². The highest BCUT2D eigenvalue weighted by molar-refractivity contribution is 7.89. The minimum atomic E-state index is -3.87. The molecule has 2 aromatic carbocycles. The Morgan fingerprint density at radius 3 is 2.35 bits per heavy atom. The van der Waals surface area contributed by atoms with Crippen molar-refractivity contribution >= 4 is 27.5 Å². The van der Waals surface area contributed by atoms with Gasteiger partial charge in [0, 0.05) is 22.9 Å². The first-order chi connectivity index (χ1) is 17.4. The van der Waals surface area contributed by atoms with Gasteiger partial charge in [0.2, 0.25) is 15.9 Å². The van der Waals surface area contributed by atoms with Gasteiger partial charge in [-0.1, -0.05) is 0 Å². The first-order valence-corrected chi connectivity index (χ1v) is 13.7. The summed E-state index contributed by atoms with van der Waals surface area (Å²) in [6.45, 7) is 6.86. The molecule has 11 heteroatoms. The normalized spacial score (nSPS) is 15.6. The number of hydrogen-bond acceptors (Lipinski definition) is 6. The molecule has 1 fully saturated rings. The van der Waals surface area contributed by atoms with Gasteiger partial charge in [0.15, 0.2) is 0 Å². The number of ether oxygens (including phenoxy) is 1. The number of nitrogens with one attached hydrogen (secondary N) is 4. The first kappa shape index (κ1) is 28.5. The number of piperidine rings is 1. The molecule has 2 aromatic rings. The largest absolute Gasteiger partial charge is 0.495 e. The monoisotopic (exact) mass is 534 g/mol. The second kappa shape index (κ2) is 12.0. The topological polar surface area (TPSA) is 126 Å². The predicted molar refractivity (Wildman–Crippen MR) is 140 cm³/mol. The summed E-state index contributed by atoms with van der Waals surface area (Å²) < 4.78 is 46.8. The predicted octanol–water partition coefficient (Wildman–Crippen LogP) is 3.04. The molecule has 1 heterocycles. The molecule has 3 rings (SSSR count). The zero-order chi connectivity index (χ0) is 27.2. The zero-order valence-corrected chi connectivity index (χ0v) is 22.4. The van der Waals surface area contributed by atoms with Crippen molar-refractivity contribution in [3.63, 3.8) is 0 Å². The van der Waals surface area contributed by atoms with E-state index in [4.69, 9.17) is 4.74 Å². The average Bonchev–Trinajstić information content (AvgIpc) is 2.83. The quantitative estimate of drug-likeness (QED) is 0.392. The van der Waals surface area contributed by atoms with Crippen molar-refractivity contribution in [2.24, 2.45) is 5.92 Å². The van der Waals surface area contributed by atoms with Gasteiger partial charge in [-0.2, -0.15) is 0 Å². The maximum absolute atomic E-state index is 13.3. The molecule has 2 amide bonds. The minimum Gasteiger partial charge on any atom is -0.495 e. The van der Waals surface area contributed by atoms with E-state index in [1.54, 1.807) is 20.8 Å². The number of anilines is 1. The van der Waals surface area contributed by atoms with Crippen molar-refractivity contribution in [3.05, 3.63) is 53.8 Å². The summed E-state index contributed by atoms with van der Waals surface area (Å²) in [5, 5.41) is 8.84. The number of amides is 2. The molecule has 202 valence electrons. The lowest BCUT2D eigenvalue weighted by Crippen LogP contribution is -2.46. The van der Waals surface area contributed by atoms with Crippen molar-refractivity contribution in [1.82, 2.24) is 15.4 Å². The lowest BCUT2D eigenvalue weighted by atomic mass is 9.90. The Kier molecular flexibility index (Phi) is 9.27. The fraction of sp³-hybridized carbons (Fsp3) is 0.462. The zero-order valence-electron chi connectivity index (χ0n) is 21.6. The van der Waals surface area contributed by atoms with Crippen LogP contribution in [-0.4, -0.2) is 52.0 Å². The lowest BCUT2D eigenvalue weighted by Gasteiger charge is -2.27. The third-order valence-electron chi connectivity index (χ3n) is 5.92. The number of carbonyl (C=O) groups is 2.